The van der Waals surface area contributed by atoms with Gasteiger partial charge in [-0.3, -0.25) is 14.6 Å². The average Bonchev–Trinajstić information content (AvgIpc) is 2.96. The quantitative estimate of drug-likeness (QED) is 0.590. The Morgan fingerprint density at radius 1 is 1.22 bits per heavy atom. The first-order valence-electron chi connectivity index (χ1n) is 6.87. The highest BCUT2D eigenvalue weighted by atomic mass is 32.1. The molecule has 5 nitrogen and oxygen atoms in total. The number of pyridine rings is 1. The summed E-state index contributed by atoms with van der Waals surface area (Å²) in [5.74, 6) is -0.492. The van der Waals surface area contributed by atoms with Crippen molar-refractivity contribution < 1.29 is 9.59 Å². The van der Waals surface area contributed by atoms with Crippen molar-refractivity contribution in [1.29, 1.82) is 0 Å². The first kappa shape index (κ1) is 15.1. The zero-order chi connectivity index (χ0) is 16.4. The van der Waals surface area contributed by atoms with E-state index in [4.69, 9.17) is 5.73 Å². The minimum absolute atomic E-state index is 0.0155. The molecular weight excluding hydrogens is 310 g/mol. The van der Waals surface area contributed by atoms with Gasteiger partial charge in [-0.2, -0.15) is 0 Å². The van der Waals surface area contributed by atoms with Gasteiger partial charge in [0.05, 0.1) is 10.2 Å². The molecule has 1 amide bonds. The molecule has 1 aromatic carbocycles. The molecule has 3 aromatic rings. The monoisotopic (exact) mass is 323 g/mol. The number of carbonyl (C=O) groups is 2. The van der Waals surface area contributed by atoms with E-state index in [-0.39, 0.29) is 5.78 Å². The molecule has 2 N–H and O–H groups in total. The molecule has 0 aliphatic rings. The fraction of sp³-hybridized carbons (Fsp3) is 0.0588. The lowest BCUT2D eigenvalue weighted by Crippen LogP contribution is -2.05. The Bertz CT molecular complexity index is 944. The molecule has 2 heterocycles. The molecule has 2 aromatic heterocycles. The van der Waals surface area contributed by atoms with Crippen LogP contribution >= 0.6 is 11.3 Å². The van der Waals surface area contributed by atoms with Crippen LogP contribution in [0.5, 0.6) is 0 Å². The van der Waals surface area contributed by atoms with E-state index in [1.165, 1.54) is 24.3 Å². The van der Waals surface area contributed by atoms with Crippen LogP contribution in [-0.4, -0.2) is 21.7 Å². The maximum atomic E-state index is 11.5. The number of amides is 1. The predicted molar refractivity (Wildman–Crippen MR) is 91.1 cm³/mol. The fourth-order valence-corrected chi connectivity index (χ4v) is 3.04. The first-order chi connectivity index (χ1) is 11.0. The van der Waals surface area contributed by atoms with Crippen molar-refractivity contribution >= 4 is 39.3 Å². The normalized spacial score (nSPS) is 11.2. The lowest BCUT2D eigenvalue weighted by Gasteiger charge is -1.97. The van der Waals surface area contributed by atoms with E-state index in [0.717, 1.165) is 26.4 Å². The number of aromatic nitrogens is 2. The number of ketones is 1. The van der Waals surface area contributed by atoms with Gasteiger partial charge in [-0.05, 0) is 42.8 Å². The van der Waals surface area contributed by atoms with Crippen LogP contribution in [0.1, 0.15) is 22.8 Å². The zero-order valence-electron chi connectivity index (χ0n) is 12.3. The van der Waals surface area contributed by atoms with Crippen LogP contribution < -0.4 is 5.73 Å². The number of primary amides is 1. The van der Waals surface area contributed by atoms with Gasteiger partial charge >= 0.3 is 0 Å². The number of benzene rings is 1. The molecule has 0 saturated carbocycles. The van der Waals surface area contributed by atoms with E-state index < -0.39 is 5.91 Å². The smallest absolute Gasteiger partial charge is 0.241 e. The van der Waals surface area contributed by atoms with Gasteiger partial charge in [0.15, 0.2) is 5.78 Å². The third-order valence-corrected chi connectivity index (χ3v) is 4.33. The summed E-state index contributed by atoms with van der Waals surface area (Å²) in [7, 11) is 0. The number of fused-ring (bicyclic) bond motifs is 1. The molecule has 0 bridgehead atoms. The third-order valence-electron chi connectivity index (χ3n) is 3.24. The van der Waals surface area contributed by atoms with Gasteiger partial charge in [0.25, 0.3) is 0 Å². The molecule has 0 unspecified atom stereocenters. The molecule has 0 fully saturated rings. The number of nitrogens with zero attached hydrogens (tertiary/aromatic N) is 2. The number of hydrogen-bond donors (Lipinski definition) is 1. The first-order valence-corrected chi connectivity index (χ1v) is 7.69. The third kappa shape index (κ3) is 3.32. The molecule has 0 atom stereocenters. The van der Waals surface area contributed by atoms with Gasteiger partial charge in [0.1, 0.15) is 5.01 Å². The Hall–Kier alpha value is -2.86. The molecule has 0 spiro atoms. The van der Waals surface area contributed by atoms with Crippen LogP contribution in [0.25, 0.3) is 26.9 Å². The molecule has 0 aliphatic carbocycles. The van der Waals surface area contributed by atoms with Crippen LogP contribution in [0, 0.1) is 0 Å². The largest absolute Gasteiger partial charge is 0.366 e. The van der Waals surface area contributed by atoms with Crippen molar-refractivity contribution in [2.24, 2.45) is 5.73 Å². The SMILES string of the molecule is CC(=O)c1ccc2sc(-c3cncc(/C=C\C(N)=O)c3)nc2c1. The van der Waals surface area contributed by atoms with Crippen molar-refractivity contribution in [2.45, 2.75) is 6.92 Å². The van der Waals surface area contributed by atoms with Gasteiger partial charge in [-0.25, -0.2) is 4.98 Å². The molecule has 114 valence electrons. The highest BCUT2D eigenvalue weighted by Gasteiger charge is 2.09. The number of hydrogen-bond acceptors (Lipinski definition) is 5. The maximum Gasteiger partial charge on any atom is 0.241 e. The van der Waals surface area contributed by atoms with Crippen molar-refractivity contribution in [3.8, 4) is 10.6 Å². The number of thiazole rings is 1. The molecular formula is C17H13N3O2S. The topological polar surface area (TPSA) is 85.9 Å². The summed E-state index contributed by atoms with van der Waals surface area (Å²) in [5, 5.41) is 0.808. The number of rotatable bonds is 4. The molecule has 0 aliphatic heterocycles. The van der Waals surface area contributed by atoms with Crippen LogP contribution in [0.15, 0.2) is 42.7 Å². The van der Waals surface area contributed by atoms with Crippen LogP contribution in [0.3, 0.4) is 0 Å². The Morgan fingerprint density at radius 2 is 2.04 bits per heavy atom. The lowest BCUT2D eigenvalue weighted by molar-refractivity contribution is -0.113. The second-order valence-electron chi connectivity index (χ2n) is 5.00. The Kier molecular flexibility index (Phi) is 3.99. The van der Waals surface area contributed by atoms with Crippen molar-refractivity contribution in [3.63, 3.8) is 0 Å². The predicted octanol–water partition coefficient (Wildman–Crippen LogP) is 3.06. The highest BCUT2D eigenvalue weighted by molar-refractivity contribution is 7.21. The molecule has 0 saturated heterocycles. The second-order valence-corrected chi connectivity index (χ2v) is 6.03. The van der Waals surface area contributed by atoms with E-state index in [0.29, 0.717) is 5.56 Å². The van der Waals surface area contributed by atoms with Gasteiger partial charge in [0.2, 0.25) is 5.91 Å². The van der Waals surface area contributed by atoms with E-state index in [2.05, 4.69) is 9.97 Å². The summed E-state index contributed by atoms with van der Waals surface area (Å²) in [6.45, 7) is 1.53. The van der Waals surface area contributed by atoms with E-state index in [9.17, 15) is 9.59 Å². The summed E-state index contributed by atoms with van der Waals surface area (Å²) in [6.07, 6.45) is 6.26. The average molecular weight is 323 g/mol. The Morgan fingerprint density at radius 3 is 2.78 bits per heavy atom. The number of nitrogens with two attached hydrogens (primary N) is 1. The molecule has 23 heavy (non-hydrogen) atoms. The van der Waals surface area contributed by atoms with Crippen LogP contribution in [0.4, 0.5) is 0 Å². The van der Waals surface area contributed by atoms with Crippen molar-refractivity contribution in [1.82, 2.24) is 9.97 Å². The van der Waals surface area contributed by atoms with Crippen molar-refractivity contribution in [2.75, 3.05) is 0 Å². The summed E-state index contributed by atoms with van der Waals surface area (Å²) in [5.41, 5.74) is 8.14. The Balaban J connectivity index is 2.01. The Labute approximate surface area is 136 Å². The maximum absolute atomic E-state index is 11.5. The molecule has 3 rings (SSSR count). The van der Waals surface area contributed by atoms with E-state index in [1.807, 2.05) is 12.1 Å². The molecule has 6 heteroatoms. The standard InChI is InChI=1S/C17H13N3O2S/c1-10(21)12-3-4-15-14(7-12)20-17(23-15)13-6-11(8-19-9-13)2-5-16(18)22/h2-9H,1H3,(H2,18,22)/b5-2-. The number of Topliss-reactive ketones (excluding diaryl/α,β-unsaturated/α-hetero) is 1. The summed E-state index contributed by atoms with van der Waals surface area (Å²) >= 11 is 1.53. The van der Waals surface area contributed by atoms with E-state index in [1.54, 1.807) is 30.6 Å². The van der Waals surface area contributed by atoms with Gasteiger partial charge < -0.3 is 5.73 Å². The minimum Gasteiger partial charge on any atom is -0.366 e. The van der Waals surface area contributed by atoms with Gasteiger partial charge in [-0.1, -0.05) is 0 Å². The van der Waals surface area contributed by atoms with Gasteiger partial charge in [0, 0.05) is 29.6 Å². The highest BCUT2D eigenvalue weighted by Crippen LogP contribution is 2.30. The fourth-order valence-electron chi connectivity index (χ4n) is 2.11. The van der Waals surface area contributed by atoms with E-state index >= 15 is 0 Å². The molecule has 0 radical (unpaired) electrons. The summed E-state index contributed by atoms with van der Waals surface area (Å²) < 4.78 is 1.00. The van der Waals surface area contributed by atoms with Crippen LogP contribution in [0.2, 0.25) is 0 Å². The summed E-state index contributed by atoms with van der Waals surface area (Å²) in [4.78, 5) is 31.0. The van der Waals surface area contributed by atoms with Gasteiger partial charge in [-0.15, -0.1) is 11.3 Å². The minimum atomic E-state index is -0.507. The lowest BCUT2D eigenvalue weighted by atomic mass is 10.1. The van der Waals surface area contributed by atoms with Crippen LogP contribution in [-0.2, 0) is 4.79 Å². The number of carbonyl (C=O) groups excluding carboxylic acids is 2. The summed E-state index contributed by atoms with van der Waals surface area (Å²) in [6, 6.07) is 7.38. The second kappa shape index (κ2) is 6.10. The zero-order valence-corrected chi connectivity index (χ0v) is 13.1. The van der Waals surface area contributed by atoms with Crippen molar-refractivity contribution in [3.05, 3.63) is 53.9 Å².